The minimum atomic E-state index is 0.671. The summed E-state index contributed by atoms with van der Waals surface area (Å²) in [6, 6.07) is 77.2. The molecule has 8 aromatic carbocycles. The van der Waals surface area contributed by atoms with E-state index in [4.69, 9.17) is 15.1 Å². The summed E-state index contributed by atoms with van der Waals surface area (Å²) in [6.07, 6.45) is 0. The van der Waals surface area contributed by atoms with Crippen LogP contribution in [0.2, 0.25) is 0 Å². The molecule has 0 aliphatic carbocycles. The molecule has 4 nitrogen and oxygen atoms in total. The Balaban J connectivity index is 1.01. The van der Waals surface area contributed by atoms with E-state index in [0.717, 1.165) is 78.2 Å². The van der Waals surface area contributed by atoms with Crippen LogP contribution in [0.1, 0.15) is 0 Å². The van der Waals surface area contributed by atoms with Crippen LogP contribution in [0.3, 0.4) is 0 Å². The van der Waals surface area contributed by atoms with Crippen molar-refractivity contribution in [3.8, 4) is 78.7 Å². The van der Waals surface area contributed by atoms with Gasteiger partial charge in [0.15, 0.2) is 5.82 Å². The third-order valence-electron chi connectivity index (χ3n) is 11.8. The normalized spacial score (nSPS) is 11.5. The fraction of sp³-hybridized carbons (Fsp3) is 0. The van der Waals surface area contributed by atoms with Crippen LogP contribution < -0.4 is 0 Å². The van der Waals surface area contributed by atoms with Crippen molar-refractivity contribution < 1.29 is 0 Å². The van der Waals surface area contributed by atoms with Gasteiger partial charge >= 0.3 is 0 Å². The molecule has 4 aromatic heterocycles. The van der Waals surface area contributed by atoms with Crippen LogP contribution in [-0.4, -0.2) is 19.6 Å². The molecule has 12 rings (SSSR count). The molecular formula is C57H36N4S. The maximum Gasteiger partial charge on any atom is 0.160 e. The molecule has 0 spiro atoms. The maximum absolute atomic E-state index is 5.41. The molecule has 0 saturated heterocycles. The van der Waals surface area contributed by atoms with Crippen LogP contribution in [0.15, 0.2) is 218 Å². The number of hydrogen-bond acceptors (Lipinski definition) is 4. The largest absolute Gasteiger partial charge is 0.231 e. The molecule has 5 heteroatoms. The Morgan fingerprint density at radius 1 is 0.387 bits per heavy atom. The van der Waals surface area contributed by atoms with E-state index in [-0.39, 0.29) is 0 Å². The van der Waals surface area contributed by atoms with Crippen LogP contribution in [0, 0.1) is 0 Å². The summed E-state index contributed by atoms with van der Waals surface area (Å²) in [4.78, 5) is 10.5. The molecule has 0 radical (unpaired) electrons. The summed E-state index contributed by atoms with van der Waals surface area (Å²) >= 11 is 1.85. The lowest BCUT2D eigenvalue weighted by molar-refractivity contribution is 0.979. The number of fused-ring (bicyclic) bond motifs is 6. The standard InChI is InChI=1S/C57H36N4S/c1-4-16-37(17-5-1)49-36-50(44-24-14-23-42(34-44)46-27-15-28-48-47-26-12-13-29-52(47)62-56(46)48)59-57(58-49)41-32-30-39(31-33-41)53-54(40-20-8-3-9-21-40)60-61-51(38-18-6-2-7-19-38)35-43-22-10-11-25-45(43)55(53)61/h1-36H. The van der Waals surface area contributed by atoms with Gasteiger partial charge in [0.2, 0.25) is 0 Å². The van der Waals surface area contributed by atoms with Gasteiger partial charge in [-0.05, 0) is 46.3 Å². The van der Waals surface area contributed by atoms with Crippen molar-refractivity contribution in [1.29, 1.82) is 0 Å². The zero-order valence-electron chi connectivity index (χ0n) is 33.5. The van der Waals surface area contributed by atoms with E-state index in [2.05, 4.69) is 217 Å². The van der Waals surface area contributed by atoms with Crippen molar-refractivity contribution in [2.75, 3.05) is 0 Å². The molecule has 290 valence electrons. The van der Waals surface area contributed by atoms with Crippen LogP contribution in [0.4, 0.5) is 0 Å². The predicted octanol–water partition coefficient (Wildman–Crippen LogP) is 15.3. The minimum Gasteiger partial charge on any atom is -0.231 e. The first kappa shape index (κ1) is 35.9. The lowest BCUT2D eigenvalue weighted by Gasteiger charge is -2.12. The van der Waals surface area contributed by atoms with Crippen molar-refractivity contribution in [1.82, 2.24) is 19.6 Å². The molecular weight excluding hydrogens is 773 g/mol. The second kappa shape index (κ2) is 14.9. The van der Waals surface area contributed by atoms with Gasteiger partial charge in [-0.2, -0.15) is 5.10 Å². The summed E-state index contributed by atoms with van der Waals surface area (Å²) in [6.45, 7) is 0. The molecule has 12 aromatic rings. The highest BCUT2D eigenvalue weighted by atomic mass is 32.1. The smallest absolute Gasteiger partial charge is 0.160 e. The molecule has 0 N–H and O–H groups in total. The number of pyridine rings is 1. The van der Waals surface area contributed by atoms with Crippen molar-refractivity contribution in [3.05, 3.63) is 218 Å². The van der Waals surface area contributed by atoms with E-state index in [1.54, 1.807) is 0 Å². The summed E-state index contributed by atoms with van der Waals surface area (Å²) in [5, 5.41) is 10.3. The Bertz CT molecular complexity index is 3610. The summed E-state index contributed by atoms with van der Waals surface area (Å²) < 4.78 is 4.73. The van der Waals surface area contributed by atoms with E-state index < -0.39 is 0 Å². The summed E-state index contributed by atoms with van der Waals surface area (Å²) in [5.74, 6) is 0.671. The van der Waals surface area contributed by atoms with Gasteiger partial charge in [0.1, 0.15) is 5.69 Å². The molecule has 0 bridgehead atoms. The second-order valence-electron chi connectivity index (χ2n) is 15.6. The minimum absolute atomic E-state index is 0.671. The van der Waals surface area contributed by atoms with Crippen LogP contribution >= 0.6 is 11.3 Å². The number of thiophene rings is 1. The van der Waals surface area contributed by atoms with Gasteiger partial charge < -0.3 is 0 Å². The lowest BCUT2D eigenvalue weighted by atomic mass is 9.96. The Morgan fingerprint density at radius 3 is 1.74 bits per heavy atom. The van der Waals surface area contributed by atoms with Crippen molar-refractivity contribution in [3.63, 3.8) is 0 Å². The molecule has 62 heavy (non-hydrogen) atoms. The number of benzene rings is 8. The highest BCUT2D eigenvalue weighted by molar-refractivity contribution is 7.26. The first-order valence-corrected chi connectivity index (χ1v) is 21.7. The van der Waals surface area contributed by atoms with E-state index in [0.29, 0.717) is 5.82 Å². The lowest BCUT2D eigenvalue weighted by Crippen LogP contribution is -1.96. The molecule has 0 unspecified atom stereocenters. The topological polar surface area (TPSA) is 43.1 Å². The van der Waals surface area contributed by atoms with Gasteiger partial charge in [-0.3, -0.25) is 0 Å². The van der Waals surface area contributed by atoms with Gasteiger partial charge in [0.05, 0.1) is 22.6 Å². The quantitative estimate of drug-likeness (QED) is 0.161. The average Bonchev–Trinajstić information content (AvgIpc) is 3.95. The second-order valence-corrected chi connectivity index (χ2v) is 16.7. The molecule has 0 fully saturated rings. The third kappa shape index (κ3) is 6.18. The third-order valence-corrected chi connectivity index (χ3v) is 13.1. The van der Waals surface area contributed by atoms with Crippen LogP contribution in [0.25, 0.3) is 115 Å². The molecule has 0 atom stereocenters. The molecule has 0 aliphatic rings. The van der Waals surface area contributed by atoms with Gasteiger partial charge in [-0.15, -0.1) is 11.3 Å². The maximum atomic E-state index is 5.41. The SMILES string of the molecule is c1ccc(-c2cc(-c3cccc(-c4cccc5c4sc4ccccc45)c3)nc(-c3ccc(-c4c(-c5ccccc5)nn5c(-c6ccccc6)cc6ccccc6c45)cc3)n2)cc1. The van der Waals surface area contributed by atoms with Crippen LogP contribution in [0.5, 0.6) is 0 Å². The van der Waals surface area contributed by atoms with Gasteiger partial charge in [-0.25, -0.2) is 14.5 Å². The van der Waals surface area contributed by atoms with E-state index in [9.17, 15) is 0 Å². The Morgan fingerprint density at radius 2 is 0.968 bits per heavy atom. The highest BCUT2D eigenvalue weighted by Crippen LogP contribution is 2.43. The fourth-order valence-corrected chi connectivity index (χ4v) is 10.1. The number of rotatable bonds is 7. The van der Waals surface area contributed by atoms with Crippen molar-refractivity contribution in [2.45, 2.75) is 0 Å². The first-order chi connectivity index (χ1) is 30.7. The van der Waals surface area contributed by atoms with E-state index in [1.165, 1.54) is 31.1 Å². The van der Waals surface area contributed by atoms with Gasteiger partial charge in [-0.1, -0.05) is 194 Å². The average molecular weight is 809 g/mol. The van der Waals surface area contributed by atoms with Crippen molar-refractivity contribution >= 4 is 47.8 Å². The highest BCUT2D eigenvalue weighted by Gasteiger charge is 2.22. The zero-order valence-corrected chi connectivity index (χ0v) is 34.3. The number of aromatic nitrogens is 4. The predicted molar refractivity (Wildman–Crippen MR) is 259 cm³/mol. The van der Waals surface area contributed by atoms with Crippen molar-refractivity contribution in [2.24, 2.45) is 0 Å². The number of nitrogens with zero attached hydrogens (tertiary/aromatic N) is 4. The zero-order chi connectivity index (χ0) is 41.0. The van der Waals surface area contributed by atoms with Crippen LogP contribution in [-0.2, 0) is 0 Å². The molecule has 4 heterocycles. The van der Waals surface area contributed by atoms with Gasteiger partial charge in [0.25, 0.3) is 0 Å². The molecule has 0 amide bonds. The molecule has 0 saturated carbocycles. The van der Waals surface area contributed by atoms with E-state index >= 15 is 0 Å². The Labute approximate surface area is 362 Å². The Hall–Kier alpha value is -7.99. The first-order valence-electron chi connectivity index (χ1n) is 20.9. The monoisotopic (exact) mass is 808 g/mol. The van der Waals surface area contributed by atoms with E-state index in [1.807, 2.05) is 17.4 Å². The van der Waals surface area contributed by atoms with Gasteiger partial charge in [0, 0.05) is 58.9 Å². The fourth-order valence-electron chi connectivity index (χ4n) is 8.86. The summed E-state index contributed by atoms with van der Waals surface area (Å²) in [7, 11) is 0. The Kier molecular flexibility index (Phi) is 8.65. The molecule has 0 aliphatic heterocycles. The summed E-state index contributed by atoms with van der Waals surface area (Å²) in [5.41, 5.74) is 14.5. The number of hydrogen-bond donors (Lipinski definition) is 0.